The van der Waals surface area contributed by atoms with Gasteiger partial charge in [0.05, 0.1) is 0 Å². The van der Waals surface area contributed by atoms with E-state index < -0.39 is 17.8 Å². The van der Waals surface area contributed by atoms with Gasteiger partial charge in [0, 0.05) is 13.1 Å². The highest BCUT2D eigenvalue weighted by molar-refractivity contribution is 5.39. The molecule has 1 N–H and O–H groups in total. The van der Waals surface area contributed by atoms with Crippen molar-refractivity contribution in [2.75, 3.05) is 12.4 Å². The zero-order chi connectivity index (χ0) is 14.8. The molecule has 0 unspecified atom stereocenters. The first-order chi connectivity index (χ1) is 9.38. The van der Waals surface area contributed by atoms with Crippen LogP contribution in [0.2, 0.25) is 0 Å². The van der Waals surface area contributed by atoms with E-state index in [1.807, 2.05) is 0 Å². The summed E-state index contributed by atoms with van der Waals surface area (Å²) in [5, 5.41) is 2.48. The second-order valence-electron chi connectivity index (χ2n) is 3.72. The number of anilines is 1. The Labute approximate surface area is 111 Å². The van der Waals surface area contributed by atoms with Crippen LogP contribution in [0.25, 0.3) is 0 Å². The second-order valence-corrected chi connectivity index (χ2v) is 3.72. The van der Waals surface area contributed by atoms with Crippen LogP contribution in [0.1, 0.15) is 5.82 Å². The lowest BCUT2D eigenvalue weighted by atomic mass is 10.3. The van der Waals surface area contributed by atoms with E-state index in [-0.39, 0.29) is 17.4 Å². The smallest absolute Gasteiger partial charge is 0.439 e. The van der Waals surface area contributed by atoms with Crippen molar-refractivity contribution in [3.8, 4) is 11.6 Å². The number of nitrogens with one attached hydrogen (secondary N) is 1. The Hall–Kier alpha value is -2.38. The lowest BCUT2D eigenvalue weighted by Crippen LogP contribution is -2.12. The highest BCUT2D eigenvalue weighted by Crippen LogP contribution is 2.30. The monoisotopic (exact) mass is 287 g/mol. The molecule has 0 radical (unpaired) electrons. The molecular weight excluding hydrogens is 278 g/mol. The lowest BCUT2D eigenvalue weighted by molar-refractivity contribution is -0.145. The molecule has 1 aromatic heterocycles. The van der Waals surface area contributed by atoms with Crippen molar-refractivity contribution in [1.82, 2.24) is 9.97 Å². The number of hydrogen-bond acceptors (Lipinski definition) is 4. The SMILES string of the molecule is CNc1cc(Oc2ccc(F)cc2)nc(C(F)(F)F)n1. The molecule has 0 saturated carbocycles. The summed E-state index contributed by atoms with van der Waals surface area (Å²) in [6.07, 6.45) is -4.69. The average Bonchev–Trinajstić information content (AvgIpc) is 2.40. The third-order valence-corrected chi connectivity index (χ3v) is 2.25. The molecule has 0 aliphatic heterocycles. The maximum absolute atomic E-state index is 12.7. The van der Waals surface area contributed by atoms with Crippen LogP contribution in [-0.2, 0) is 6.18 Å². The maximum Gasteiger partial charge on any atom is 0.451 e. The van der Waals surface area contributed by atoms with Gasteiger partial charge in [-0.25, -0.2) is 9.37 Å². The molecule has 0 bridgehead atoms. The second kappa shape index (κ2) is 5.32. The Morgan fingerprint density at radius 2 is 1.75 bits per heavy atom. The largest absolute Gasteiger partial charge is 0.451 e. The van der Waals surface area contributed by atoms with Gasteiger partial charge >= 0.3 is 6.18 Å². The molecule has 1 aromatic carbocycles. The Kier molecular flexibility index (Phi) is 3.73. The molecule has 0 aliphatic carbocycles. The van der Waals surface area contributed by atoms with Gasteiger partial charge in [-0.15, -0.1) is 0 Å². The van der Waals surface area contributed by atoms with Crippen LogP contribution in [0.3, 0.4) is 0 Å². The molecule has 106 valence electrons. The summed E-state index contributed by atoms with van der Waals surface area (Å²) in [7, 11) is 1.42. The third-order valence-electron chi connectivity index (χ3n) is 2.25. The molecule has 0 aliphatic rings. The zero-order valence-corrected chi connectivity index (χ0v) is 10.2. The van der Waals surface area contributed by atoms with E-state index in [0.29, 0.717) is 0 Å². The standard InChI is InChI=1S/C12H9F4N3O/c1-17-9-6-10(19-11(18-9)12(14,15)16)20-8-4-2-7(13)3-5-8/h2-6H,1H3,(H,17,18,19). The van der Waals surface area contributed by atoms with Crippen LogP contribution in [0, 0.1) is 5.82 Å². The van der Waals surface area contributed by atoms with E-state index in [4.69, 9.17) is 4.74 Å². The molecule has 8 heteroatoms. The van der Waals surface area contributed by atoms with Gasteiger partial charge in [-0.2, -0.15) is 18.2 Å². The van der Waals surface area contributed by atoms with Crippen LogP contribution < -0.4 is 10.1 Å². The predicted molar refractivity (Wildman–Crippen MR) is 63.1 cm³/mol. The summed E-state index contributed by atoms with van der Waals surface area (Å²) < 4.78 is 55.7. The van der Waals surface area contributed by atoms with Crippen LogP contribution in [0.4, 0.5) is 23.4 Å². The van der Waals surface area contributed by atoms with Crippen molar-refractivity contribution in [3.63, 3.8) is 0 Å². The van der Waals surface area contributed by atoms with Crippen molar-refractivity contribution in [2.45, 2.75) is 6.18 Å². The van der Waals surface area contributed by atoms with E-state index in [1.54, 1.807) is 0 Å². The summed E-state index contributed by atoms with van der Waals surface area (Å²) in [6, 6.07) is 6.02. The number of hydrogen-bond donors (Lipinski definition) is 1. The maximum atomic E-state index is 12.7. The van der Waals surface area contributed by atoms with Crippen molar-refractivity contribution in [3.05, 3.63) is 42.0 Å². The van der Waals surface area contributed by atoms with Crippen molar-refractivity contribution >= 4 is 5.82 Å². The Balaban J connectivity index is 2.33. The van der Waals surface area contributed by atoms with Crippen molar-refractivity contribution in [1.29, 1.82) is 0 Å². The molecule has 2 rings (SSSR count). The minimum atomic E-state index is -4.69. The number of ether oxygens (including phenoxy) is 1. The first-order valence-corrected chi connectivity index (χ1v) is 5.46. The van der Waals surface area contributed by atoms with Crippen LogP contribution in [-0.4, -0.2) is 17.0 Å². The fourth-order valence-electron chi connectivity index (χ4n) is 1.36. The molecule has 0 fully saturated rings. The highest BCUT2D eigenvalue weighted by atomic mass is 19.4. The molecule has 0 amide bonds. The van der Waals surface area contributed by atoms with E-state index in [9.17, 15) is 17.6 Å². The van der Waals surface area contributed by atoms with E-state index in [0.717, 1.165) is 12.1 Å². The van der Waals surface area contributed by atoms with E-state index in [2.05, 4.69) is 15.3 Å². The van der Waals surface area contributed by atoms with Crippen molar-refractivity contribution < 1.29 is 22.3 Å². The van der Waals surface area contributed by atoms with Crippen LogP contribution in [0.5, 0.6) is 11.6 Å². The molecule has 1 heterocycles. The lowest BCUT2D eigenvalue weighted by Gasteiger charge is -2.10. The molecule has 4 nitrogen and oxygen atoms in total. The summed E-state index contributed by atoms with van der Waals surface area (Å²) in [5.74, 6) is -1.96. The average molecular weight is 287 g/mol. The van der Waals surface area contributed by atoms with Gasteiger partial charge in [-0.1, -0.05) is 0 Å². The minimum Gasteiger partial charge on any atom is -0.439 e. The van der Waals surface area contributed by atoms with Gasteiger partial charge in [0.15, 0.2) is 0 Å². The van der Waals surface area contributed by atoms with Gasteiger partial charge in [-0.05, 0) is 24.3 Å². The number of aromatic nitrogens is 2. The Bertz CT molecular complexity index is 599. The number of rotatable bonds is 3. The minimum absolute atomic E-state index is 0.0376. The molecule has 20 heavy (non-hydrogen) atoms. The fraction of sp³-hybridized carbons (Fsp3) is 0.167. The topological polar surface area (TPSA) is 47.0 Å². The van der Waals surface area contributed by atoms with Gasteiger partial charge in [-0.3, -0.25) is 0 Å². The Morgan fingerprint density at radius 3 is 2.30 bits per heavy atom. The third kappa shape index (κ3) is 3.34. The van der Waals surface area contributed by atoms with E-state index >= 15 is 0 Å². The first kappa shape index (κ1) is 14.0. The van der Waals surface area contributed by atoms with Gasteiger partial charge in [0.1, 0.15) is 17.4 Å². The Morgan fingerprint density at radius 1 is 1.10 bits per heavy atom. The van der Waals surface area contributed by atoms with Gasteiger partial charge in [0.2, 0.25) is 11.7 Å². The van der Waals surface area contributed by atoms with Crippen molar-refractivity contribution in [2.24, 2.45) is 0 Å². The predicted octanol–water partition coefficient (Wildman–Crippen LogP) is 3.47. The van der Waals surface area contributed by atoms with Crippen LogP contribution >= 0.6 is 0 Å². The normalized spacial score (nSPS) is 11.2. The summed E-state index contributed by atoms with van der Waals surface area (Å²) in [5.41, 5.74) is 0. The molecule has 2 aromatic rings. The number of benzene rings is 1. The fourth-order valence-corrected chi connectivity index (χ4v) is 1.36. The van der Waals surface area contributed by atoms with Crippen LogP contribution in [0.15, 0.2) is 30.3 Å². The highest BCUT2D eigenvalue weighted by Gasteiger charge is 2.35. The quantitative estimate of drug-likeness (QED) is 0.878. The summed E-state index contributed by atoms with van der Waals surface area (Å²) >= 11 is 0. The van der Waals surface area contributed by atoms with Gasteiger partial charge in [0.25, 0.3) is 0 Å². The molecule has 0 spiro atoms. The molecular formula is C12H9F4N3O. The summed E-state index contributed by atoms with van der Waals surface area (Å²) in [6.45, 7) is 0. The van der Waals surface area contributed by atoms with Gasteiger partial charge < -0.3 is 10.1 Å². The summed E-state index contributed by atoms with van der Waals surface area (Å²) in [4.78, 5) is 6.57. The molecule has 0 saturated heterocycles. The first-order valence-electron chi connectivity index (χ1n) is 5.46. The number of nitrogens with zero attached hydrogens (tertiary/aromatic N) is 2. The number of halogens is 4. The zero-order valence-electron chi connectivity index (χ0n) is 10.2. The van der Waals surface area contributed by atoms with E-state index in [1.165, 1.54) is 25.2 Å². The molecule has 0 atom stereocenters. The number of alkyl halides is 3.